The van der Waals surface area contributed by atoms with Crippen LogP contribution < -0.4 is 76.3 Å². The van der Waals surface area contributed by atoms with Gasteiger partial charge in [-0.2, -0.15) is 0 Å². The minimum Gasteiger partial charge on any atom is -1.00 e. The van der Waals surface area contributed by atoms with E-state index in [-0.39, 0.29) is 68.5 Å². The molecule has 75 heavy (non-hydrogen) atoms. The van der Waals surface area contributed by atoms with Crippen LogP contribution in [0.3, 0.4) is 0 Å². The molecule has 0 unspecified atom stereocenters. The second kappa shape index (κ2) is 23.4. The van der Waals surface area contributed by atoms with Crippen molar-refractivity contribution >= 4 is 69.6 Å². The summed E-state index contributed by atoms with van der Waals surface area (Å²) in [6.45, 7) is 0. The number of benzene rings is 2. The molecule has 9 heterocycles. The molecule has 9 aromatic rings. The van der Waals surface area contributed by atoms with Crippen LogP contribution in [0.2, 0.25) is 0 Å². The number of anilines is 2. The van der Waals surface area contributed by atoms with Crippen LogP contribution in [0.25, 0.3) is 90.9 Å². The molecular formula is C58H45Cl3N10O3Zn. The molecular weight excluding hydrogens is 1060 g/mol. The molecule has 0 saturated carbocycles. The predicted octanol–water partition coefficient (Wildman–Crippen LogP) is -0.0270. The minimum atomic E-state index is -0.380. The Bertz CT molecular complexity index is 3770. The minimum absolute atomic E-state index is 0. The summed E-state index contributed by atoms with van der Waals surface area (Å²) in [5, 5.41) is 5.87. The van der Waals surface area contributed by atoms with Gasteiger partial charge in [0.1, 0.15) is 26.9 Å². The SMILES string of the molecule is COc1cc(NC(=O)c2ccncc2)ccc1C(=O)Nc1ccc(-c2c3nc(c(-c4cc[n+](C)cc4)c4ccc([n-]4)c(-c4cc[n+](C)cc4)c4nc(c(-c5cc[n+](C)cc5)c5ccc2[n-]5)C=C4)C=C3)cc1.[Cl-].[Cl-].[Cl-].[Zn+2]. The molecule has 7 aromatic heterocycles. The number of pyridine rings is 4. The van der Waals surface area contributed by atoms with Crippen molar-refractivity contribution in [1.82, 2.24) is 24.9 Å². The summed E-state index contributed by atoms with van der Waals surface area (Å²) in [4.78, 5) is 52.2. The monoisotopic (exact) mass is 1100 g/mol. The molecule has 0 atom stereocenters. The summed E-state index contributed by atoms with van der Waals surface area (Å²) >= 11 is 0. The third kappa shape index (κ3) is 11.2. The third-order valence-electron chi connectivity index (χ3n) is 12.5. The number of hydrogen-bond donors (Lipinski definition) is 2. The molecule has 368 valence electrons. The number of aryl methyl sites for hydroxylation is 3. The van der Waals surface area contributed by atoms with Gasteiger partial charge < -0.3 is 62.6 Å². The Kier molecular flexibility index (Phi) is 17.0. The predicted molar refractivity (Wildman–Crippen MR) is 275 cm³/mol. The Hall–Kier alpha value is -8.13. The summed E-state index contributed by atoms with van der Waals surface area (Å²) in [5.41, 5.74) is 15.1. The van der Waals surface area contributed by atoms with Crippen LogP contribution in [0.15, 0.2) is 165 Å². The van der Waals surface area contributed by atoms with Crippen LogP contribution >= 0.6 is 0 Å². The maximum absolute atomic E-state index is 13.8. The number of fused-ring (bicyclic) bond motifs is 8. The van der Waals surface area contributed by atoms with Gasteiger partial charge in [0.15, 0.2) is 37.2 Å². The number of methoxy groups -OCH3 is 1. The third-order valence-corrected chi connectivity index (χ3v) is 12.5. The van der Waals surface area contributed by atoms with Gasteiger partial charge in [0.05, 0.1) is 35.4 Å². The molecule has 8 bridgehead atoms. The first kappa shape index (κ1) is 54.6. The number of carbonyl (C=O) groups excluding carboxylic acids is 2. The molecule has 0 fully saturated rings. The van der Waals surface area contributed by atoms with E-state index in [1.165, 1.54) is 7.11 Å². The largest absolute Gasteiger partial charge is 2.00 e. The van der Waals surface area contributed by atoms with E-state index < -0.39 is 0 Å². The van der Waals surface area contributed by atoms with Crippen molar-refractivity contribution in [2.45, 2.75) is 0 Å². The van der Waals surface area contributed by atoms with E-state index in [4.69, 9.17) is 24.7 Å². The summed E-state index contributed by atoms with van der Waals surface area (Å²) in [6.07, 6.45) is 23.5. The fraction of sp³-hybridized carbons (Fsp3) is 0.0690. The molecule has 2 aliphatic rings. The van der Waals surface area contributed by atoms with Crippen LogP contribution in [0.5, 0.6) is 5.75 Å². The van der Waals surface area contributed by atoms with Crippen molar-refractivity contribution < 1.29 is 84.7 Å². The molecule has 2 N–H and O–H groups in total. The average molecular weight is 1100 g/mol. The summed E-state index contributed by atoms with van der Waals surface area (Å²) in [7, 11) is 7.48. The normalized spacial score (nSPS) is 11.0. The zero-order chi connectivity index (χ0) is 48.6. The van der Waals surface area contributed by atoms with Gasteiger partial charge in [0.25, 0.3) is 11.8 Å². The molecule has 0 saturated heterocycles. The second-order valence-electron chi connectivity index (χ2n) is 17.3. The van der Waals surface area contributed by atoms with Gasteiger partial charge in [-0.05, 0) is 105 Å². The van der Waals surface area contributed by atoms with Crippen LogP contribution in [0.4, 0.5) is 11.4 Å². The van der Waals surface area contributed by atoms with E-state index in [0.29, 0.717) is 39.5 Å². The van der Waals surface area contributed by atoms with E-state index in [0.717, 1.165) is 78.1 Å². The van der Waals surface area contributed by atoms with E-state index in [2.05, 4.69) is 76.3 Å². The van der Waals surface area contributed by atoms with E-state index >= 15 is 0 Å². The number of hydrogen-bond acceptors (Lipinski definition) is 6. The molecule has 17 heteroatoms. The second-order valence-corrected chi connectivity index (χ2v) is 17.3. The summed E-state index contributed by atoms with van der Waals surface area (Å²) in [5.74, 6) is -0.385. The Morgan fingerprint density at radius 3 is 1.21 bits per heavy atom. The first-order valence-corrected chi connectivity index (χ1v) is 22.9. The van der Waals surface area contributed by atoms with Crippen LogP contribution in [-0.4, -0.2) is 33.9 Å². The van der Waals surface area contributed by atoms with Crippen LogP contribution in [-0.2, 0) is 40.6 Å². The first-order chi connectivity index (χ1) is 34.6. The van der Waals surface area contributed by atoms with E-state index in [1.54, 1.807) is 42.7 Å². The first-order valence-electron chi connectivity index (χ1n) is 22.9. The van der Waals surface area contributed by atoms with Gasteiger partial charge in [-0.15, -0.1) is 22.1 Å². The number of amides is 2. The molecule has 2 amide bonds. The number of carbonyl (C=O) groups is 2. The molecule has 11 rings (SSSR count). The van der Waals surface area contributed by atoms with Crippen LogP contribution in [0, 0.1) is 0 Å². The van der Waals surface area contributed by atoms with E-state index in [1.807, 2.05) is 121 Å². The van der Waals surface area contributed by atoms with Crippen molar-refractivity contribution in [1.29, 1.82) is 0 Å². The van der Waals surface area contributed by atoms with Gasteiger partial charge in [-0.25, -0.2) is 23.7 Å². The van der Waals surface area contributed by atoms with Gasteiger partial charge in [0, 0.05) is 71.8 Å². The smallest absolute Gasteiger partial charge is 1.00 e. The zero-order valence-corrected chi connectivity index (χ0v) is 46.3. The van der Waals surface area contributed by atoms with Crippen molar-refractivity contribution in [3.05, 3.63) is 199 Å². The standard InChI is InChI=1S/C58H44N10O3.3ClH.Zn/c1-66-29-21-37(22-30-66)54-46-13-11-44(62-46)53(36-5-7-41(8-6-36)60-58(70)43-10-9-42(35-52(43)71-4)61-57(69)40-19-27-59-28-20-40)45-12-14-47(63-45)55(38-23-31-67(2)32-24-38)49-16-18-51(65-49)56(50-17-15-48(54)64-50)39-25-33-68(3)34-26-39;;;;/h5-35H,1-4H3,(H-2,60,61,62,63,64,65,69,70);3*1H;/q;;;;+2/p-2. The number of rotatable bonds is 9. The van der Waals surface area contributed by atoms with Crippen molar-refractivity contribution in [2.75, 3.05) is 17.7 Å². The zero-order valence-electron chi connectivity index (χ0n) is 41.0. The van der Waals surface area contributed by atoms with Gasteiger partial charge in [-0.1, -0.05) is 36.4 Å². The summed E-state index contributed by atoms with van der Waals surface area (Å²) in [6, 6.07) is 36.5. The molecule has 0 radical (unpaired) electrons. The maximum Gasteiger partial charge on any atom is 2.00 e. The Balaban J connectivity index is 0.00000205. The number of nitrogens with zero attached hydrogens (tertiary/aromatic N) is 8. The topological polar surface area (TPSA) is 146 Å². The number of aromatic nitrogens is 8. The maximum atomic E-state index is 13.8. The molecule has 0 aliphatic carbocycles. The van der Waals surface area contributed by atoms with Gasteiger partial charge in [-0.3, -0.25) is 14.6 Å². The number of nitrogens with one attached hydrogen (secondary N) is 2. The average Bonchev–Trinajstić information content (AvgIpc) is 4.25. The fourth-order valence-electron chi connectivity index (χ4n) is 8.86. The summed E-state index contributed by atoms with van der Waals surface area (Å²) < 4.78 is 11.6. The molecule has 13 nitrogen and oxygen atoms in total. The van der Waals surface area contributed by atoms with Crippen molar-refractivity contribution in [3.63, 3.8) is 0 Å². The molecule has 2 aromatic carbocycles. The number of ether oxygens (including phenoxy) is 1. The quantitative estimate of drug-likeness (QED) is 0.152. The fourth-order valence-corrected chi connectivity index (χ4v) is 8.86. The van der Waals surface area contributed by atoms with Crippen molar-refractivity contribution in [3.8, 4) is 50.3 Å². The van der Waals surface area contributed by atoms with Gasteiger partial charge in [0.2, 0.25) is 0 Å². The Morgan fingerprint density at radius 1 is 0.467 bits per heavy atom. The van der Waals surface area contributed by atoms with Crippen LogP contribution in [0.1, 0.15) is 43.5 Å². The van der Waals surface area contributed by atoms with Crippen molar-refractivity contribution in [2.24, 2.45) is 21.1 Å². The Labute approximate surface area is 464 Å². The molecule has 2 aliphatic heterocycles. The molecule has 0 spiro atoms. The van der Waals surface area contributed by atoms with Gasteiger partial charge >= 0.3 is 19.5 Å². The number of halogens is 3. The Morgan fingerprint density at radius 2 is 0.827 bits per heavy atom. The van der Waals surface area contributed by atoms with E-state index in [9.17, 15) is 9.59 Å².